The Hall–Kier alpha value is -6.70. The average molecular weight is 925 g/mol. The van der Waals surface area contributed by atoms with E-state index >= 15 is 0 Å². The lowest BCUT2D eigenvalue weighted by molar-refractivity contribution is -0.139. The fourth-order valence-electron chi connectivity index (χ4n) is 10.2. The molecule has 2 saturated heterocycles. The number of nitrogens with zero attached hydrogens (tertiary/aromatic N) is 2. The second kappa shape index (κ2) is 20.3. The molecule has 14 heteroatoms. The lowest BCUT2D eigenvalue weighted by Crippen LogP contribution is -2.54. The molecule has 2 aliphatic heterocycles. The molecule has 0 aromatic heterocycles. The summed E-state index contributed by atoms with van der Waals surface area (Å²) in [6.45, 7) is 8.35. The quantitative estimate of drug-likeness (QED) is 0.111. The van der Waals surface area contributed by atoms with Crippen LogP contribution >= 0.6 is 0 Å². The van der Waals surface area contributed by atoms with Crippen molar-refractivity contribution in [1.82, 2.24) is 20.4 Å². The third-order valence-electron chi connectivity index (χ3n) is 14.3. The maximum atomic E-state index is 14.1. The molecule has 11 rings (SSSR count). The van der Waals surface area contributed by atoms with Gasteiger partial charge in [0.15, 0.2) is 0 Å². The molecular weight excluding hydrogens is 861 g/mol. The van der Waals surface area contributed by atoms with Crippen molar-refractivity contribution < 1.29 is 38.2 Å². The van der Waals surface area contributed by atoms with Crippen molar-refractivity contribution in [1.29, 1.82) is 0 Å². The molecule has 0 radical (unpaired) electrons. The van der Waals surface area contributed by atoms with Crippen molar-refractivity contribution in [3.05, 3.63) is 107 Å². The van der Waals surface area contributed by atoms with Crippen molar-refractivity contribution in [2.75, 3.05) is 37.9 Å². The zero-order chi connectivity index (χ0) is 48.3. The van der Waals surface area contributed by atoms with Crippen LogP contribution in [-0.2, 0) is 54.3 Å². The predicted octanol–water partition coefficient (Wildman–Crippen LogP) is 7.91. The van der Waals surface area contributed by atoms with Gasteiger partial charge in [0.2, 0.25) is 23.6 Å². The summed E-state index contributed by atoms with van der Waals surface area (Å²) in [7, 11) is 2.53. The number of hydrogen-bond donors (Lipinski definition) is 4. The molecule has 68 heavy (non-hydrogen) atoms. The van der Waals surface area contributed by atoms with E-state index in [1.165, 1.54) is 36.5 Å². The molecule has 1 saturated carbocycles. The van der Waals surface area contributed by atoms with Gasteiger partial charge < -0.3 is 40.5 Å². The molecule has 4 aromatic carbocycles. The van der Waals surface area contributed by atoms with E-state index in [2.05, 4.69) is 69.8 Å². The van der Waals surface area contributed by atoms with Gasteiger partial charge in [-0.2, -0.15) is 0 Å². The van der Waals surface area contributed by atoms with Crippen molar-refractivity contribution in [2.45, 2.75) is 110 Å². The van der Waals surface area contributed by atoms with E-state index in [1.54, 1.807) is 9.80 Å². The van der Waals surface area contributed by atoms with E-state index in [-0.39, 0.29) is 40.9 Å². The van der Waals surface area contributed by atoms with Crippen LogP contribution in [0.3, 0.4) is 0 Å². The van der Waals surface area contributed by atoms with E-state index in [9.17, 15) is 28.8 Å². The average Bonchev–Trinajstić information content (AvgIpc) is 3.70. The number of nitrogens with one attached hydrogen (secondary N) is 4. The van der Waals surface area contributed by atoms with Crippen molar-refractivity contribution >= 4 is 47.2 Å². The lowest BCUT2D eigenvalue weighted by Gasteiger charge is -2.30. The van der Waals surface area contributed by atoms with Crippen LogP contribution in [0.2, 0.25) is 0 Å². The van der Waals surface area contributed by atoms with Gasteiger partial charge in [0, 0.05) is 24.5 Å². The first-order valence-electron chi connectivity index (χ1n) is 24.0. The van der Waals surface area contributed by atoms with E-state index in [4.69, 9.17) is 9.47 Å². The van der Waals surface area contributed by atoms with Crippen LogP contribution in [0.5, 0.6) is 0 Å². The number of anilines is 2. The number of carbonyl (C=O) groups excluding carboxylic acids is 6. The Balaban J connectivity index is 0.966. The van der Waals surface area contributed by atoms with Gasteiger partial charge in [-0.3, -0.25) is 19.2 Å². The molecule has 1 unspecified atom stereocenters. The monoisotopic (exact) mass is 924 g/mol. The number of benzene rings is 4. The van der Waals surface area contributed by atoms with Crippen LogP contribution in [0.4, 0.5) is 21.0 Å². The normalized spacial score (nSPS) is 18.9. The lowest BCUT2D eigenvalue weighted by atomic mass is 9.87. The number of carbonyl (C=O) groups is 6. The third-order valence-corrected chi connectivity index (χ3v) is 14.3. The minimum atomic E-state index is -0.812. The standard InChI is InChI=1S/C54H64N6O8/c1-32(2)46(57-52(65)67-5)50(63)59-25-9-14-44(59)48(61)55-40-12-7-10-38(28-40)42-26-34-15-19-36(42)20-16-35-18-22-37(21-17-34)43(27-35)39-11-8-13-41(29-39)56-49(62)45-30-54(23-24-54)31-60(45)51(64)47(33(3)4)58-53(66)68-6/h7-8,10-13,15,18-19,22,26-29,32-33,44-47H,9,14,16-17,20-21,23-25,30-31H2,1-6H3,(H,55,61)(H,56,62)(H,57,65)(H,58,66)/t44-,45-,46-,47?/m0/s1. The SMILES string of the molecule is COC(=O)NC(C(=O)N1CC2(CC2)C[C@H]1C(=O)Nc1cccc(-c2cc3ccc2CCc2ccc(c(-c4cccc(NC(=O)[C@@H]5CCCN5C(=O)[C@@H](NC(=O)OC)C(C)C)c4)c2)CC3)c1)C(C)C. The highest BCUT2D eigenvalue weighted by molar-refractivity contribution is 6.00. The smallest absolute Gasteiger partial charge is 0.407 e. The first-order chi connectivity index (χ1) is 32.6. The summed E-state index contributed by atoms with van der Waals surface area (Å²) in [6, 6.07) is 26.2. The molecule has 4 bridgehead atoms. The summed E-state index contributed by atoms with van der Waals surface area (Å²) in [6.07, 6.45) is 5.50. The van der Waals surface area contributed by atoms with Crippen molar-refractivity contribution in [2.24, 2.45) is 17.3 Å². The second-order valence-corrected chi connectivity index (χ2v) is 19.7. The summed E-state index contributed by atoms with van der Waals surface area (Å²) >= 11 is 0. The minimum absolute atomic E-state index is 0.0553. The molecule has 358 valence electrons. The van der Waals surface area contributed by atoms with Gasteiger partial charge >= 0.3 is 12.2 Å². The fraction of sp³-hybridized carbons (Fsp3) is 0.444. The largest absolute Gasteiger partial charge is 0.453 e. The number of aryl methyl sites for hydroxylation is 4. The van der Waals surface area contributed by atoms with Gasteiger partial charge in [-0.1, -0.05) is 88.4 Å². The highest BCUT2D eigenvalue weighted by Crippen LogP contribution is 2.55. The van der Waals surface area contributed by atoms with Gasteiger partial charge in [0.05, 0.1) is 14.2 Å². The van der Waals surface area contributed by atoms with Gasteiger partial charge in [-0.15, -0.1) is 0 Å². The third kappa shape index (κ3) is 10.5. The number of likely N-dealkylation sites (tertiary alicyclic amines) is 2. The van der Waals surface area contributed by atoms with E-state index < -0.39 is 36.4 Å². The van der Waals surface area contributed by atoms with Crippen molar-refractivity contribution in [3.63, 3.8) is 0 Å². The van der Waals surface area contributed by atoms with E-state index in [0.717, 1.165) is 60.8 Å². The van der Waals surface area contributed by atoms with E-state index in [1.807, 2.05) is 64.1 Å². The van der Waals surface area contributed by atoms with Crippen LogP contribution in [0.25, 0.3) is 22.3 Å². The van der Waals surface area contributed by atoms with Crippen LogP contribution in [0.1, 0.15) is 82.1 Å². The van der Waals surface area contributed by atoms with Gasteiger partial charge in [0.1, 0.15) is 24.2 Å². The summed E-state index contributed by atoms with van der Waals surface area (Å²) in [5.41, 5.74) is 10.2. The molecule has 7 aliphatic rings. The van der Waals surface area contributed by atoms with E-state index in [0.29, 0.717) is 43.7 Å². The molecule has 4 atom stereocenters. The molecule has 3 fully saturated rings. The number of ether oxygens (including phenoxy) is 2. The number of alkyl carbamates (subject to hydrolysis) is 2. The molecule has 14 nitrogen and oxygen atoms in total. The highest BCUT2D eigenvalue weighted by Gasteiger charge is 2.56. The first kappa shape index (κ1) is 47.8. The minimum Gasteiger partial charge on any atom is -0.453 e. The Morgan fingerprint density at radius 3 is 1.56 bits per heavy atom. The molecular formula is C54H64N6O8. The molecule has 6 amide bonds. The number of rotatable bonds is 12. The topological polar surface area (TPSA) is 175 Å². The summed E-state index contributed by atoms with van der Waals surface area (Å²) < 4.78 is 9.56. The van der Waals surface area contributed by atoms with Crippen LogP contribution in [0, 0.1) is 17.3 Å². The highest BCUT2D eigenvalue weighted by atomic mass is 16.5. The molecule has 1 spiro atoms. The summed E-state index contributed by atoms with van der Waals surface area (Å²) in [5, 5.41) is 11.6. The molecule has 2 heterocycles. The number of amides is 6. The maximum Gasteiger partial charge on any atom is 0.407 e. The summed E-state index contributed by atoms with van der Waals surface area (Å²) in [4.78, 5) is 82.9. The fourth-order valence-corrected chi connectivity index (χ4v) is 10.2. The van der Waals surface area contributed by atoms with Gasteiger partial charge in [-0.05, 0) is 144 Å². The summed E-state index contributed by atoms with van der Waals surface area (Å²) in [5.74, 6) is -1.46. The van der Waals surface area contributed by atoms with Crippen LogP contribution in [-0.4, -0.2) is 97.1 Å². The zero-order valence-corrected chi connectivity index (χ0v) is 40.0. The number of hydrogen-bond acceptors (Lipinski definition) is 8. The zero-order valence-electron chi connectivity index (χ0n) is 40.0. The first-order valence-corrected chi connectivity index (χ1v) is 24.0. The Labute approximate surface area is 398 Å². The molecule has 4 aromatic rings. The van der Waals surface area contributed by atoms with Gasteiger partial charge in [0.25, 0.3) is 0 Å². The maximum absolute atomic E-state index is 14.1. The molecule has 5 aliphatic carbocycles. The molecule has 4 N–H and O–H groups in total. The Kier molecular flexibility index (Phi) is 14.2. The number of methoxy groups -OCH3 is 2. The van der Waals surface area contributed by atoms with Crippen LogP contribution in [0.15, 0.2) is 84.9 Å². The second-order valence-electron chi connectivity index (χ2n) is 19.7. The Morgan fingerprint density at radius 1 is 0.603 bits per heavy atom. The van der Waals surface area contributed by atoms with Crippen LogP contribution < -0.4 is 21.3 Å². The predicted molar refractivity (Wildman–Crippen MR) is 261 cm³/mol. The Morgan fingerprint density at radius 2 is 1.09 bits per heavy atom. The Bertz CT molecular complexity index is 2590. The van der Waals surface area contributed by atoms with Crippen molar-refractivity contribution in [3.8, 4) is 22.3 Å². The van der Waals surface area contributed by atoms with Gasteiger partial charge in [-0.25, -0.2) is 9.59 Å².